The lowest BCUT2D eigenvalue weighted by molar-refractivity contribution is -0.131. The standard InChI is InChI=1S/C24H25N3O4/c1-16-9-3-6-12-19(16)25-23(31)24(13-7-2-8-14-24)26-20(28)15-27-21(29)17-10-4-5-11-18(17)22(27)30/h3-6,9-12H,2,7-8,13-15H2,1H3,(H,25,31)(H,26,28). The molecule has 4 amide bonds. The van der Waals surface area contributed by atoms with Gasteiger partial charge in [-0.25, -0.2) is 0 Å². The summed E-state index contributed by atoms with van der Waals surface area (Å²) in [5.41, 5.74) is 1.16. The quantitative estimate of drug-likeness (QED) is 0.728. The van der Waals surface area contributed by atoms with Crippen molar-refractivity contribution in [3.05, 3.63) is 65.2 Å². The number of carbonyl (C=O) groups is 4. The van der Waals surface area contributed by atoms with Gasteiger partial charge in [-0.1, -0.05) is 49.6 Å². The predicted molar refractivity (Wildman–Crippen MR) is 116 cm³/mol. The van der Waals surface area contributed by atoms with Crippen molar-refractivity contribution >= 4 is 29.3 Å². The minimum atomic E-state index is -1.06. The second-order valence-corrected chi connectivity index (χ2v) is 8.20. The number of aryl methyl sites for hydroxylation is 1. The Bertz CT molecular complexity index is 1020. The number of amides is 4. The van der Waals surface area contributed by atoms with Crippen LogP contribution >= 0.6 is 0 Å². The molecule has 7 heteroatoms. The van der Waals surface area contributed by atoms with Crippen LogP contribution in [0.3, 0.4) is 0 Å². The number of anilines is 1. The molecule has 0 unspecified atom stereocenters. The maximum atomic E-state index is 13.2. The molecular weight excluding hydrogens is 394 g/mol. The third-order valence-electron chi connectivity index (χ3n) is 6.09. The first-order chi connectivity index (χ1) is 14.9. The Morgan fingerprint density at radius 1 is 0.903 bits per heavy atom. The first-order valence-corrected chi connectivity index (χ1v) is 10.5. The number of fused-ring (bicyclic) bond motifs is 1. The molecule has 2 aromatic rings. The van der Waals surface area contributed by atoms with E-state index in [0.29, 0.717) is 29.7 Å². The number of carbonyl (C=O) groups excluding carboxylic acids is 4. The van der Waals surface area contributed by atoms with Crippen molar-refractivity contribution in [1.29, 1.82) is 0 Å². The molecule has 1 aliphatic heterocycles. The van der Waals surface area contributed by atoms with Crippen molar-refractivity contribution in [3.63, 3.8) is 0 Å². The summed E-state index contributed by atoms with van der Waals surface area (Å²) >= 11 is 0. The highest BCUT2D eigenvalue weighted by Gasteiger charge is 2.43. The zero-order valence-electron chi connectivity index (χ0n) is 17.4. The van der Waals surface area contributed by atoms with E-state index in [1.807, 2.05) is 31.2 Å². The minimum absolute atomic E-state index is 0.266. The summed E-state index contributed by atoms with van der Waals surface area (Å²) in [6.45, 7) is 1.50. The van der Waals surface area contributed by atoms with Crippen molar-refractivity contribution < 1.29 is 19.2 Å². The number of para-hydroxylation sites is 1. The number of nitrogens with zero attached hydrogens (tertiary/aromatic N) is 1. The van der Waals surface area contributed by atoms with Crippen molar-refractivity contribution in [3.8, 4) is 0 Å². The molecule has 31 heavy (non-hydrogen) atoms. The Balaban J connectivity index is 1.50. The largest absolute Gasteiger partial charge is 0.340 e. The maximum absolute atomic E-state index is 13.2. The first-order valence-electron chi connectivity index (χ1n) is 10.5. The van der Waals surface area contributed by atoms with Crippen molar-refractivity contribution in [2.24, 2.45) is 0 Å². The first kappa shape index (κ1) is 20.8. The summed E-state index contributed by atoms with van der Waals surface area (Å²) in [6.07, 6.45) is 3.65. The zero-order valence-corrected chi connectivity index (χ0v) is 17.4. The van der Waals surface area contributed by atoms with Gasteiger partial charge in [0.05, 0.1) is 11.1 Å². The molecule has 0 radical (unpaired) electrons. The number of benzene rings is 2. The average molecular weight is 419 g/mol. The summed E-state index contributed by atoms with van der Waals surface area (Å²) in [6, 6.07) is 14.0. The van der Waals surface area contributed by atoms with Crippen LogP contribution in [0.25, 0.3) is 0 Å². The van der Waals surface area contributed by atoms with Crippen LogP contribution < -0.4 is 10.6 Å². The van der Waals surface area contributed by atoms with Gasteiger partial charge in [-0.2, -0.15) is 0 Å². The molecule has 2 aliphatic rings. The van der Waals surface area contributed by atoms with E-state index < -0.39 is 29.8 Å². The summed E-state index contributed by atoms with van der Waals surface area (Å²) < 4.78 is 0. The fourth-order valence-corrected chi connectivity index (χ4v) is 4.35. The van der Waals surface area contributed by atoms with Gasteiger partial charge in [-0.3, -0.25) is 24.1 Å². The Kier molecular flexibility index (Phi) is 5.59. The van der Waals surface area contributed by atoms with Gasteiger partial charge in [-0.05, 0) is 43.5 Å². The molecule has 2 N–H and O–H groups in total. The number of rotatable bonds is 5. The maximum Gasteiger partial charge on any atom is 0.262 e. The van der Waals surface area contributed by atoms with Crippen molar-refractivity contribution in [2.45, 2.75) is 44.6 Å². The Labute approximate surface area is 180 Å². The van der Waals surface area contributed by atoms with Gasteiger partial charge in [0.25, 0.3) is 11.8 Å². The molecular formula is C24H25N3O4. The lowest BCUT2D eigenvalue weighted by Crippen LogP contribution is -2.59. The molecule has 1 saturated carbocycles. The minimum Gasteiger partial charge on any atom is -0.340 e. The van der Waals surface area contributed by atoms with Crippen LogP contribution in [0.5, 0.6) is 0 Å². The molecule has 0 spiro atoms. The van der Waals surface area contributed by atoms with E-state index in [0.717, 1.165) is 29.7 Å². The van der Waals surface area contributed by atoms with E-state index in [2.05, 4.69) is 10.6 Å². The number of imide groups is 1. The molecule has 1 aliphatic carbocycles. The normalized spacial score (nSPS) is 17.3. The Morgan fingerprint density at radius 2 is 1.48 bits per heavy atom. The SMILES string of the molecule is Cc1ccccc1NC(=O)C1(NC(=O)CN2C(=O)c3ccccc3C2=O)CCCCC1. The van der Waals surface area contributed by atoms with E-state index >= 15 is 0 Å². The summed E-state index contributed by atoms with van der Waals surface area (Å²) in [5, 5.41) is 5.82. The Morgan fingerprint density at radius 3 is 2.10 bits per heavy atom. The number of hydrogen-bond donors (Lipinski definition) is 2. The highest BCUT2D eigenvalue weighted by atomic mass is 16.2. The van der Waals surface area contributed by atoms with Crippen LogP contribution in [0.1, 0.15) is 58.4 Å². The van der Waals surface area contributed by atoms with E-state index in [9.17, 15) is 19.2 Å². The number of nitrogens with one attached hydrogen (secondary N) is 2. The molecule has 0 atom stereocenters. The van der Waals surface area contributed by atoms with Gasteiger partial charge in [0.2, 0.25) is 11.8 Å². The topological polar surface area (TPSA) is 95.6 Å². The second kappa shape index (κ2) is 8.34. The summed E-state index contributed by atoms with van der Waals surface area (Å²) in [4.78, 5) is 52.2. The third kappa shape index (κ3) is 3.95. The molecule has 1 fully saturated rings. The molecule has 7 nitrogen and oxygen atoms in total. The fraction of sp³-hybridized carbons (Fsp3) is 0.333. The molecule has 0 aromatic heterocycles. The van der Waals surface area contributed by atoms with Gasteiger partial charge in [-0.15, -0.1) is 0 Å². The van der Waals surface area contributed by atoms with E-state index in [1.54, 1.807) is 24.3 Å². The monoisotopic (exact) mass is 419 g/mol. The molecule has 4 rings (SSSR count). The highest BCUT2D eigenvalue weighted by molar-refractivity contribution is 6.22. The zero-order chi connectivity index (χ0) is 22.0. The summed E-state index contributed by atoms with van der Waals surface area (Å²) in [5.74, 6) is -1.76. The van der Waals surface area contributed by atoms with E-state index in [-0.39, 0.29) is 5.91 Å². The fourth-order valence-electron chi connectivity index (χ4n) is 4.35. The smallest absolute Gasteiger partial charge is 0.262 e. The molecule has 0 bridgehead atoms. The second-order valence-electron chi connectivity index (χ2n) is 8.20. The third-order valence-corrected chi connectivity index (χ3v) is 6.09. The van der Waals surface area contributed by atoms with Crippen LogP contribution in [0, 0.1) is 6.92 Å². The van der Waals surface area contributed by atoms with Crippen LogP contribution in [-0.4, -0.2) is 40.6 Å². The van der Waals surface area contributed by atoms with Crippen LogP contribution in [-0.2, 0) is 9.59 Å². The highest BCUT2D eigenvalue weighted by Crippen LogP contribution is 2.30. The molecule has 160 valence electrons. The van der Waals surface area contributed by atoms with E-state index in [4.69, 9.17) is 0 Å². The summed E-state index contributed by atoms with van der Waals surface area (Å²) in [7, 11) is 0. The molecule has 1 heterocycles. The Hall–Kier alpha value is -3.48. The average Bonchev–Trinajstić information content (AvgIpc) is 3.01. The van der Waals surface area contributed by atoms with Gasteiger partial charge in [0.15, 0.2) is 0 Å². The van der Waals surface area contributed by atoms with E-state index in [1.165, 1.54) is 0 Å². The number of hydrogen-bond acceptors (Lipinski definition) is 4. The van der Waals surface area contributed by atoms with Crippen LogP contribution in [0.4, 0.5) is 5.69 Å². The molecule has 0 saturated heterocycles. The van der Waals surface area contributed by atoms with Crippen LogP contribution in [0.15, 0.2) is 48.5 Å². The van der Waals surface area contributed by atoms with Crippen molar-refractivity contribution in [2.75, 3.05) is 11.9 Å². The van der Waals surface area contributed by atoms with Crippen molar-refractivity contribution in [1.82, 2.24) is 10.2 Å². The van der Waals surface area contributed by atoms with Gasteiger partial charge in [0.1, 0.15) is 12.1 Å². The lowest BCUT2D eigenvalue weighted by Gasteiger charge is -2.37. The lowest BCUT2D eigenvalue weighted by atomic mass is 9.80. The van der Waals surface area contributed by atoms with Crippen LogP contribution in [0.2, 0.25) is 0 Å². The predicted octanol–water partition coefficient (Wildman–Crippen LogP) is 3.05. The van der Waals surface area contributed by atoms with Gasteiger partial charge >= 0.3 is 0 Å². The van der Waals surface area contributed by atoms with Gasteiger partial charge in [0, 0.05) is 5.69 Å². The molecule has 2 aromatic carbocycles. The van der Waals surface area contributed by atoms with Gasteiger partial charge < -0.3 is 10.6 Å².